The molecule has 1 amide bonds. The first-order valence-corrected chi connectivity index (χ1v) is 8.99. The zero-order valence-corrected chi connectivity index (χ0v) is 15.7. The summed E-state index contributed by atoms with van der Waals surface area (Å²) >= 11 is 0. The molecule has 0 spiro atoms. The van der Waals surface area contributed by atoms with Crippen LogP contribution in [0.1, 0.15) is 36.2 Å². The van der Waals surface area contributed by atoms with Crippen molar-refractivity contribution in [2.75, 3.05) is 19.8 Å². The van der Waals surface area contributed by atoms with E-state index in [2.05, 4.69) is 0 Å². The second-order valence-corrected chi connectivity index (χ2v) is 5.99. The molecule has 0 saturated carbocycles. The van der Waals surface area contributed by atoms with Gasteiger partial charge in [-0.2, -0.15) is 0 Å². The van der Waals surface area contributed by atoms with Crippen LogP contribution in [0.5, 0.6) is 11.5 Å². The number of hydrogen-bond acceptors (Lipinski definition) is 4. The van der Waals surface area contributed by atoms with Crippen LogP contribution in [0.3, 0.4) is 0 Å². The molecule has 0 aliphatic carbocycles. The molecule has 6 heteroatoms. The quantitative estimate of drug-likeness (QED) is 0.691. The second-order valence-electron chi connectivity index (χ2n) is 5.99. The van der Waals surface area contributed by atoms with Crippen LogP contribution in [-0.4, -0.2) is 41.6 Å². The van der Waals surface area contributed by atoms with Crippen molar-refractivity contribution in [1.29, 1.82) is 0 Å². The molecule has 0 unspecified atom stereocenters. The number of carboxylic acids is 1. The number of nitrogens with zero attached hydrogens (tertiary/aromatic N) is 1. The van der Waals surface area contributed by atoms with E-state index in [0.29, 0.717) is 36.8 Å². The normalized spacial score (nSPS) is 10.3. The van der Waals surface area contributed by atoms with E-state index in [9.17, 15) is 9.59 Å². The first kappa shape index (κ1) is 20.3. The maximum atomic E-state index is 13.0. The summed E-state index contributed by atoms with van der Waals surface area (Å²) in [4.78, 5) is 25.5. The Morgan fingerprint density at radius 1 is 1.00 bits per heavy atom. The highest BCUT2D eigenvalue weighted by Gasteiger charge is 2.18. The average molecular weight is 371 g/mol. The van der Waals surface area contributed by atoms with Crippen LogP contribution in [0.25, 0.3) is 0 Å². The highest BCUT2D eigenvalue weighted by Crippen LogP contribution is 2.29. The van der Waals surface area contributed by atoms with Crippen LogP contribution in [0.15, 0.2) is 48.5 Å². The van der Waals surface area contributed by atoms with Gasteiger partial charge in [-0.3, -0.25) is 4.79 Å². The van der Waals surface area contributed by atoms with Gasteiger partial charge in [-0.1, -0.05) is 37.3 Å². The van der Waals surface area contributed by atoms with Gasteiger partial charge in [0.25, 0.3) is 5.91 Å². The van der Waals surface area contributed by atoms with Gasteiger partial charge in [0, 0.05) is 18.7 Å². The number of carbonyl (C=O) groups excluding carboxylic acids is 1. The highest BCUT2D eigenvalue weighted by molar-refractivity contribution is 5.95. The van der Waals surface area contributed by atoms with Crippen molar-refractivity contribution in [3.8, 4) is 11.5 Å². The molecule has 0 bridgehead atoms. The van der Waals surface area contributed by atoms with E-state index >= 15 is 0 Å². The molecule has 2 aromatic rings. The largest absolute Gasteiger partial charge is 0.490 e. The molecule has 6 nitrogen and oxygen atoms in total. The Kier molecular flexibility index (Phi) is 7.67. The fourth-order valence-electron chi connectivity index (χ4n) is 2.68. The molecule has 0 atom stereocenters. The minimum atomic E-state index is -1.07. The molecule has 0 saturated heterocycles. The third-order valence-corrected chi connectivity index (χ3v) is 3.84. The maximum Gasteiger partial charge on any atom is 0.341 e. The van der Waals surface area contributed by atoms with Crippen LogP contribution in [0.2, 0.25) is 0 Å². The van der Waals surface area contributed by atoms with Crippen LogP contribution >= 0.6 is 0 Å². The molecule has 144 valence electrons. The van der Waals surface area contributed by atoms with Gasteiger partial charge in [0.15, 0.2) is 18.1 Å². The Morgan fingerprint density at radius 2 is 1.74 bits per heavy atom. The molecule has 2 rings (SSSR count). The van der Waals surface area contributed by atoms with Gasteiger partial charge in [0.05, 0.1) is 6.61 Å². The third-order valence-electron chi connectivity index (χ3n) is 3.84. The molecule has 0 heterocycles. The standard InChI is InChI=1S/C21H25NO5/c1-3-12-22(14-16-8-6-5-7-9-16)21(25)17-10-11-18(27-15-20(23)24)19(13-17)26-4-2/h5-11,13H,3-4,12,14-15H2,1-2H3,(H,23,24). The van der Waals surface area contributed by atoms with Crippen LogP contribution in [0, 0.1) is 0 Å². The molecule has 0 aromatic heterocycles. The fourth-order valence-corrected chi connectivity index (χ4v) is 2.68. The lowest BCUT2D eigenvalue weighted by Gasteiger charge is -2.23. The summed E-state index contributed by atoms with van der Waals surface area (Å²) in [5.74, 6) is -0.511. The fraction of sp³-hybridized carbons (Fsp3) is 0.333. The molecule has 0 aliphatic rings. The molecular weight excluding hydrogens is 346 g/mol. The highest BCUT2D eigenvalue weighted by atomic mass is 16.5. The van der Waals surface area contributed by atoms with E-state index in [4.69, 9.17) is 14.6 Å². The van der Waals surface area contributed by atoms with E-state index in [1.165, 1.54) is 0 Å². The molecule has 27 heavy (non-hydrogen) atoms. The summed E-state index contributed by atoms with van der Waals surface area (Å²) in [6.07, 6.45) is 0.844. The van der Waals surface area contributed by atoms with Crippen LogP contribution in [-0.2, 0) is 11.3 Å². The summed E-state index contributed by atoms with van der Waals surface area (Å²) in [5.41, 5.74) is 1.54. The molecular formula is C21H25NO5. The van der Waals surface area contributed by atoms with Gasteiger partial charge in [-0.15, -0.1) is 0 Å². The first-order chi connectivity index (χ1) is 13.0. The summed E-state index contributed by atoms with van der Waals surface area (Å²) in [7, 11) is 0. The minimum absolute atomic E-state index is 0.105. The monoisotopic (exact) mass is 371 g/mol. The molecule has 0 radical (unpaired) electrons. The summed E-state index contributed by atoms with van der Waals surface area (Å²) in [6.45, 7) is 4.91. The summed E-state index contributed by atoms with van der Waals surface area (Å²) in [5, 5.41) is 8.78. The van der Waals surface area contributed by atoms with E-state index in [0.717, 1.165) is 12.0 Å². The Balaban J connectivity index is 2.23. The third kappa shape index (κ3) is 6.02. The molecule has 1 N–H and O–H groups in total. The van der Waals surface area contributed by atoms with Crippen LogP contribution in [0.4, 0.5) is 0 Å². The van der Waals surface area contributed by atoms with E-state index in [1.54, 1.807) is 23.1 Å². The van der Waals surface area contributed by atoms with Crippen molar-refractivity contribution in [3.63, 3.8) is 0 Å². The predicted octanol–water partition coefficient (Wildman–Crippen LogP) is 3.60. The molecule has 0 fully saturated rings. The van der Waals surface area contributed by atoms with Gasteiger partial charge >= 0.3 is 5.97 Å². The summed E-state index contributed by atoms with van der Waals surface area (Å²) in [6, 6.07) is 14.6. The van der Waals surface area contributed by atoms with Crippen molar-refractivity contribution in [2.24, 2.45) is 0 Å². The van der Waals surface area contributed by atoms with Gasteiger partial charge in [0.1, 0.15) is 0 Å². The predicted molar refractivity (Wildman–Crippen MR) is 102 cm³/mol. The molecule has 0 aliphatic heterocycles. The van der Waals surface area contributed by atoms with Gasteiger partial charge in [-0.05, 0) is 37.1 Å². The zero-order valence-electron chi connectivity index (χ0n) is 15.7. The van der Waals surface area contributed by atoms with Gasteiger partial charge in [0.2, 0.25) is 0 Å². The van der Waals surface area contributed by atoms with E-state index in [-0.39, 0.29) is 5.91 Å². The van der Waals surface area contributed by atoms with Gasteiger partial charge < -0.3 is 19.5 Å². The Morgan fingerprint density at radius 3 is 2.37 bits per heavy atom. The molecule has 2 aromatic carbocycles. The lowest BCUT2D eigenvalue weighted by atomic mass is 10.1. The van der Waals surface area contributed by atoms with Crippen molar-refractivity contribution < 1.29 is 24.2 Å². The number of hydrogen-bond donors (Lipinski definition) is 1. The summed E-state index contributed by atoms with van der Waals surface area (Å²) < 4.78 is 10.8. The van der Waals surface area contributed by atoms with Gasteiger partial charge in [-0.25, -0.2) is 4.79 Å². The second kappa shape index (κ2) is 10.2. The maximum absolute atomic E-state index is 13.0. The van der Waals surface area contributed by atoms with Crippen molar-refractivity contribution in [3.05, 3.63) is 59.7 Å². The number of rotatable bonds is 10. The number of carbonyl (C=O) groups is 2. The Bertz CT molecular complexity index is 760. The topological polar surface area (TPSA) is 76.1 Å². The Hall–Kier alpha value is -3.02. The Labute approximate surface area is 159 Å². The lowest BCUT2D eigenvalue weighted by molar-refractivity contribution is -0.139. The number of ether oxygens (including phenoxy) is 2. The number of aliphatic carboxylic acids is 1. The average Bonchev–Trinajstić information content (AvgIpc) is 2.67. The minimum Gasteiger partial charge on any atom is -0.490 e. The van der Waals surface area contributed by atoms with Crippen LogP contribution < -0.4 is 9.47 Å². The van der Waals surface area contributed by atoms with E-state index in [1.807, 2.05) is 44.2 Å². The number of benzene rings is 2. The van der Waals surface area contributed by atoms with Crippen molar-refractivity contribution in [1.82, 2.24) is 4.90 Å². The number of amides is 1. The SMILES string of the molecule is CCCN(Cc1ccccc1)C(=O)c1ccc(OCC(=O)O)c(OCC)c1. The zero-order chi connectivity index (χ0) is 19.6. The van der Waals surface area contributed by atoms with Crippen molar-refractivity contribution >= 4 is 11.9 Å². The lowest BCUT2D eigenvalue weighted by Crippen LogP contribution is -2.31. The number of carboxylic acid groups (broad SMARTS) is 1. The smallest absolute Gasteiger partial charge is 0.341 e. The van der Waals surface area contributed by atoms with Crippen molar-refractivity contribution in [2.45, 2.75) is 26.8 Å². The first-order valence-electron chi connectivity index (χ1n) is 8.99. The van der Waals surface area contributed by atoms with E-state index < -0.39 is 12.6 Å².